The zero-order valence-electron chi connectivity index (χ0n) is 22.1. The minimum atomic E-state index is -0.235. The van der Waals surface area contributed by atoms with Gasteiger partial charge in [0.15, 0.2) is 0 Å². The van der Waals surface area contributed by atoms with Crippen LogP contribution in [0.25, 0.3) is 12.2 Å². The Morgan fingerprint density at radius 3 is 1.03 bits per heavy atom. The first-order chi connectivity index (χ1) is 15.2. The van der Waals surface area contributed by atoms with Crippen molar-refractivity contribution in [2.75, 3.05) is 12.3 Å². The van der Waals surface area contributed by atoms with Gasteiger partial charge in [0.1, 0.15) is 0 Å². The molecule has 3 heteroatoms. The molecule has 0 aromatic heterocycles. The zero-order chi connectivity index (χ0) is 23.9. The number of hydrogen-bond donors (Lipinski definition) is 0. The fourth-order valence-corrected chi connectivity index (χ4v) is 9.40. The molecule has 0 heterocycles. The Hall–Kier alpha value is -0.558. The van der Waals surface area contributed by atoms with Crippen LogP contribution in [0.1, 0.15) is 66.5 Å². The monoisotopic (exact) mass is 576 g/mol. The molecule has 0 aliphatic heterocycles. The zero-order valence-corrected chi connectivity index (χ0v) is 25.7. The third-order valence-corrected chi connectivity index (χ3v) is 13.2. The van der Waals surface area contributed by atoms with Crippen LogP contribution in [0.3, 0.4) is 0 Å². The van der Waals surface area contributed by atoms with Gasteiger partial charge in [-0.3, -0.25) is 0 Å². The molecule has 0 nitrogen and oxygen atoms in total. The first-order valence-corrected chi connectivity index (χ1v) is 16.1. The SMILES string of the molecule is CC(C)[PH+](C/C=C/c1ccccc1)C(C)C.CC(C)[PH+](C/C=C/c1ccccc1)C(C)C.[Pd]. The molecule has 0 saturated carbocycles. The first-order valence-electron chi connectivity index (χ1n) is 12.4. The smallest absolute Gasteiger partial charge is 0.0622 e. The van der Waals surface area contributed by atoms with Crippen molar-refractivity contribution in [1.29, 1.82) is 0 Å². The van der Waals surface area contributed by atoms with Crippen molar-refractivity contribution in [3.05, 3.63) is 83.9 Å². The van der Waals surface area contributed by atoms with E-state index in [2.05, 4.69) is 140 Å². The molecule has 0 aliphatic rings. The average Bonchev–Trinajstić information content (AvgIpc) is 2.75. The number of benzene rings is 2. The van der Waals surface area contributed by atoms with Crippen molar-refractivity contribution in [2.45, 2.75) is 78.0 Å². The average molecular weight is 577 g/mol. The van der Waals surface area contributed by atoms with Crippen LogP contribution in [0.4, 0.5) is 0 Å². The molecule has 2 rings (SSSR count). The molecule has 0 spiro atoms. The van der Waals surface area contributed by atoms with Crippen molar-refractivity contribution in [3.8, 4) is 0 Å². The maximum atomic E-state index is 2.37. The molecule has 186 valence electrons. The summed E-state index contributed by atoms with van der Waals surface area (Å²) in [5, 5.41) is 0. The Bertz CT molecular complexity index is 681. The van der Waals surface area contributed by atoms with Gasteiger partial charge in [0.05, 0.1) is 35.0 Å². The minimum absolute atomic E-state index is 0. The molecule has 0 unspecified atom stereocenters. The summed E-state index contributed by atoms with van der Waals surface area (Å²) in [7, 11) is -0.470. The summed E-state index contributed by atoms with van der Waals surface area (Å²) in [5.74, 6) is 0. The van der Waals surface area contributed by atoms with Crippen LogP contribution in [0.5, 0.6) is 0 Å². The summed E-state index contributed by atoms with van der Waals surface area (Å²) in [5.41, 5.74) is 6.10. The molecule has 0 bridgehead atoms. The summed E-state index contributed by atoms with van der Waals surface area (Å²) in [6.45, 7) is 18.9. The molecule has 0 aliphatic carbocycles. The van der Waals surface area contributed by atoms with Crippen LogP contribution in [0, 0.1) is 0 Å². The third-order valence-electron chi connectivity index (χ3n) is 5.89. The van der Waals surface area contributed by atoms with E-state index in [0.29, 0.717) is 0 Å². The van der Waals surface area contributed by atoms with Crippen molar-refractivity contribution in [3.63, 3.8) is 0 Å². The van der Waals surface area contributed by atoms with Gasteiger partial charge in [0, 0.05) is 36.3 Å². The van der Waals surface area contributed by atoms with Crippen molar-refractivity contribution >= 4 is 28.0 Å². The summed E-state index contributed by atoms with van der Waals surface area (Å²) in [6.07, 6.45) is 11.8. The molecular formula is C30H48P2Pd+2. The molecule has 0 radical (unpaired) electrons. The van der Waals surface area contributed by atoms with E-state index in [0.717, 1.165) is 22.6 Å². The molecule has 0 amide bonds. The second-order valence-electron chi connectivity index (χ2n) is 9.80. The first kappa shape index (κ1) is 32.4. The molecule has 2 aromatic rings. The molecule has 0 saturated heterocycles. The maximum absolute atomic E-state index is 2.37. The Labute approximate surface area is 221 Å². The molecule has 0 fully saturated rings. The predicted octanol–water partition coefficient (Wildman–Crippen LogP) is 9.46. The quantitative estimate of drug-likeness (QED) is 0.195. The number of allylic oxidation sites excluding steroid dienone is 2. The van der Waals surface area contributed by atoms with Crippen molar-refractivity contribution in [1.82, 2.24) is 0 Å². The summed E-state index contributed by atoms with van der Waals surface area (Å²) in [6, 6.07) is 21.1. The van der Waals surface area contributed by atoms with Gasteiger partial charge in [0.2, 0.25) is 0 Å². The summed E-state index contributed by atoms with van der Waals surface area (Å²) < 4.78 is 0. The molecule has 0 atom stereocenters. The van der Waals surface area contributed by atoms with Crippen LogP contribution in [-0.2, 0) is 20.4 Å². The molecule has 0 N–H and O–H groups in total. The Morgan fingerprint density at radius 1 is 0.515 bits per heavy atom. The Morgan fingerprint density at radius 2 is 0.788 bits per heavy atom. The van der Waals surface area contributed by atoms with Crippen molar-refractivity contribution in [2.24, 2.45) is 0 Å². The Balaban J connectivity index is 0.000000602. The van der Waals surface area contributed by atoms with Gasteiger partial charge in [-0.1, -0.05) is 72.8 Å². The number of rotatable bonds is 10. The van der Waals surface area contributed by atoms with Crippen LogP contribution in [-0.4, -0.2) is 35.0 Å². The molecule has 33 heavy (non-hydrogen) atoms. The van der Waals surface area contributed by atoms with E-state index in [4.69, 9.17) is 0 Å². The van der Waals surface area contributed by atoms with E-state index in [1.54, 1.807) is 0 Å². The van der Waals surface area contributed by atoms with Crippen LogP contribution in [0.15, 0.2) is 72.8 Å². The van der Waals surface area contributed by atoms with E-state index in [1.807, 2.05) is 0 Å². The summed E-state index contributed by atoms with van der Waals surface area (Å²) in [4.78, 5) is 0. The van der Waals surface area contributed by atoms with Gasteiger partial charge in [-0.2, -0.15) is 0 Å². The summed E-state index contributed by atoms with van der Waals surface area (Å²) >= 11 is 0. The van der Waals surface area contributed by atoms with Crippen LogP contribution in [0.2, 0.25) is 0 Å². The van der Waals surface area contributed by atoms with E-state index >= 15 is 0 Å². The second kappa shape index (κ2) is 18.7. The van der Waals surface area contributed by atoms with Crippen LogP contribution >= 0.6 is 15.8 Å². The van der Waals surface area contributed by atoms with Gasteiger partial charge in [-0.15, -0.1) is 0 Å². The van der Waals surface area contributed by atoms with E-state index in [-0.39, 0.29) is 36.3 Å². The fraction of sp³-hybridized carbons (Fsp3) is 0.467. The molecule has 2 aromatic carbocycles. The number of hydrogen-bond acceptors (Lipinski definition) is 0. The Kier molecular flexibility index (Phi) is 18.4. The topological polar surface area (TPSA) is 0 Å². The van der Waals surface area contributed by atoms with Gasteiger partial charge >= 0.3 is 0 Å². The fourth-order valence-electron chi connectivity index (χ4n) is 4.07. The second-order valence-corrected chi connectivity index (χ2v) is 17.5. The largest absolute Gasteiger partial charge is 0.0759 e. The van der Waals surface area contributed by atoms with Gasteiger partial charge in [-0.05, 0) is 78.7 Å². The van der Waals surface area contributed by atoms with E-state index in [9.17, 15) is 0 Å². The van der Waals surface area contributed by atoms with Crippen LogP contribution < -0.4 is 0 Å². The van der Waals surface area contributed by atoms with E-state index in [1.165, 1.54) is 23.5 Å². The molecular weight excluding hydrogens is 529 g/mol. The normalized spacial score (nSPS) is 11.8. The van der Waals surface area contributed by atoms with Crippen molar-refractivity contribution < 1.29 is 20.4 Å². The maximum Gasteiger partial charge on any atom is 0.0759 e. The van der Waals surface area contributed by atoms with E-state index < -0.39 is 0 Å². The van der Waals surface area contributed by atoms with Gasteiger partial charge in [0.25, 0.3) is 0 Å². The predicted molar refractivity (Wildman–Crippen MR) is 158 cm³/mol. The minimum Gasteiger partial charge on any atom is -0.0622 e. The standard InChI is InChI=1S/2C15H23P.Pd/c2*1-13(2)16(14(3)4)12-8-11-15-9-6-5-7-10-15;/h2*5-11,13-14H,12H2,1-4H3;/p+2/b2*11-8+;. The third kappa shape index (κ3) is 14.4. The van der Waals surface area contributed by atoms with Gasteiger partial charge < -0.3 is 0 Å². The van der Waals surface area contributed by atoms with Gasteiger partial charge in [-0.25, -0.2) is 0 Å².